The molecule has 1 amide bonds. The lowest BCUT2D eigenvalue weighted by Crippen LogP contribution is -2.52. The fraction of sp³-hybridized carbons (Fsp3) is 0.174. The van der Waals surface area contributed by atoms with Crippen molar-refractivity contribution in [3.05, 3.63) is 102 Å². The standard InChI is InChI=1S/C23H24N2O2/c1-2-18-25(21-16-10-5-11-17-21)24-22(26)23(27,19-12-6-3-7-13-19)20-14-8-4-9-15-20/h3-17,27H,2,18H2,1H3,(H,24,26). The first-order valence-corrected chi connectivity index (χ1v) is 9.13. The smallest absolute Gasteiger partial charge is 0.279 e. The molecule has 0 atom stereocenters. The van der Waals surface area contributed by atoms with Gasteiger partial charge in [-0.15, -0.1) is 0 Å². The predicted octanol–water partition coefficient (Wildman–Crippen LogP) is 3.87. The Morgan fingerprint density at radius 1 is 0.852 bits per heavy atom. The molecule has 3 aromatic rings. The van der Waals surface area contributed by atoms with Gasteiger partial charge in [-0.1, -0.05) is 85.8 Å². The number of benzene rings is 3. The van der Waals surface area contributed by atoms with Crippen LogP contribution in [0.25, 0.3) is 0 Å². The number of amides is 1. The van der Waals surface area contributed by atoms with Crippen LogP contribution in [0, 0.1) is 0 Å². The van der Waals surface area contributed by atoms with Gasteiger partial charge in [-0.3, -0.25) is 15.2 Å². The molecular weight excluding hydrogens is 336 g/mol. The predicted molar refractivity (Wildman–Crippen MR) is 108 cm³/mol. The number of carbonyl (C=O) groups is 1. The molecule has 0 aliphatic rings. The molecule has 4 nitrogen and oxygen atoms in total. The molecular formula is C23H24N2O2. The lowest BCUT2D eigenvalue weighted by Gasteiger charge is -2.32. The van der Waals surface area contributed by atoms with Gasteiger partial charge in [0.2, 0.25) is 0 Å². The Kier molecular flexibility index (Phi) is 5.89. The van der Waals surface area contributed by atoms with Gasteiger partial charge in [-0.2, -0.15) is 0 Å². The van der Waals surface area contributed by atoms with E-state index in [9.17, 15) is 9.90 Å². The number of carbonyl (C=O) groups excluding carboxylic acids is 1. The Balaban J connectivity index is 1.98. The molecule has 0 spiro atoms. The summed E-state index contributed by atoms with van der Waals surface area (Å²) in [6.07, 6.45) is 0.851. The molecule has 0 radical (unpaired) electrons. The van der Waals surface area contributed by atoms with Crippen LogP contribution in [0.15, 0.2) is 91.0 Å². The van der Waals surface area contributed by atoms with Crippen molar-refractivity contribution in [3.63, 3.8) is 0 Å². The van der Waals surface area contributed by atoms with Gasteiger partial charge in [-0.05, 0) is 29.7 Å². The van der Waals surface area contributed by atoms with Gasteiger partial charge in [0, 0.05) is 6.54 Å². The van der Waals surface area contributed by atoms with Crippen LogP contribution in [0.4, 0.5) is 5.69 Å². The second kappa shape index (κ2) is 8.52. The normalized spacial score (nSPS) is 11.0. The minimum absolute atomic E-state index is 0.489. The van der Waals surface area contributed by atoms with Crippen LogP contribution in [0.2, 0.25) is 0 Å². The molecule has 2 N–H and O–H groups in total. The van der Waals surface area contributed by atoms with Crippen LogP contribution in [0.3, 0.4) is 0 Å². The SMILES string of the molecule is CCCN(NC(=O)C(O)(c1ccccc1)c1ccccc1)c1ccccc1. The topological polar surface area (TPSA) is 52.6 Å². The Bertz CT molecular complexity index is 812. The molecule has 138 valence electrons. The Morgan fingerprint density at radius 2 is 1.30 bits per heavy atom. The second-order valence-corrected chi connectivity index (χ2v) is 6.37. The third-order valence-corrected chi connectivity index (χ3v) is 4.46. The third-order valence-electron chi connectivity index (χ3n) is 4.46. The monoisotopic (exact) mass is 360 g/mol. The van der Waals surface area contributed by atoms with E-state index in [1.165, 1.54) is 0 Å². The summed E-state index contributed by atoms with van der Waals surface area (Å²) in [5.74, 6) is -0.489. The molecule has 0 aromatic heterocycles. The van der Waals surface area contributed by atoms with E-state index in [0.717, 1.165) is 12.1 Å². The van der Waals surface area contributed by atoms with Crippen molar-refractivity contribution < 1.29 is 9.90 Å². The molecule has 0 bridgehead atoms. The number of hydrazine groups is 1. The number of rotatable bonds is 7. The van der Waals surface area contributed by atoms with E-state index in [1.54, 1.807) is 29.3 Å². The summed E-state index contributed by atoms with van der Waals surface area (Å²) >= 11 is 0. The molecule has 0 aliphatic heterocycles. The largest absolute Gasteiger partial charge is 0.372 e. The van der Waals surface area contributed by atoms with Crippen LogP contribution in [0.5, 0.6) is 0 Å². The number of para-hydroxylation sites is 1. The van der Waals surface area contributed by atoms with Gasteiger partial charge in [-0.25, -0.2) is 0 Å². The zero-order valence-electron chi connectivity index (χ0n) is 15.4. The van der Waals surface area contributed by atoms with Crippen LogP contribution >= 0.6 is 0 Å². The van der Waals surface area contributed by atoms with Crippen molar-refractivity contribution in [2.45, 2.75) is 18.9 Å². The van der Waals surface area contributed by atoms with Gasteiger partial charge >= 0.3 is 0 Å². The highest BCUT2D eigenvalue weighted by Gasteiger charge is 2.40. The Labute approximate surface area is 160 Å². The second-order valence-electron chi connectivity index (χ2n) is 6.37. The van der Waals surface area contributed by atoms with E-state index in [0.29, 0.717) is 17.7 Å². The molecule has 0 unspecified atom stereocenters. The summed E-state index contributed by atoms with van der Waals surface area (Å²) < 4.78 is 0. The molecule has 27 heavy (non-hydrogen) atoms. The number of aliphatic hydroxyl groups is 1. The first kappa shape index (κ1) is 18.7. The lowest BCUT2D eigenvalue weighted by atomic mass is 9.85. The summed E-state index contributed by atoms with van der Waals surface area (Å²) in [7, 11) is 0. The van der Waals surface area contributed by atoms with E-state index in [-0.39, 0.29) is 0 Å². The highest BCUT2D eigenvalue weighted by molar-refractivity contribution is 5.91. The molecule has 0 heterocycles. The zero-order valence-corrected chi connectivity index (χ0v) is 15.4. The van der Waals surface area contributed by atoms with Crippen molar-refractivity contribution in [2.75, 3.05) is 11.6 Å². The minimum Gasteiger partial charge on any atom is -0.372 e. The Morgan fingerprint density at radius 3 is 1.74 bits per heavy atom. The fourth-order valence-electron chi connectivity index (χ4n) is 3.07. The number of nitrogens with one attached hydrogen (secondary N) is 1. The Hall–Kier alpha value is -3.11. The number of anilines is 1. The maximum absolute atomic E-state index is 13.3. The molecule has 3 aromatic carbocycles. The van der Waals surface area contributed by atoms with Crippen LogP contribution in [-0.4, -0.2) is 17.6 Å². The summed E-state index contributed by atoms with van der Waals surface area (Å²) in [6, 6.07) is 27.7. The summed E-state index contributed by atoms with van der Waals surface area (Å²) in [6.45, 7) is 2.68. The van der Waals surface area contributed by atoms with E-state index in [4.69, 9.17) is 0 Å². The van der Waals surface area contributed by atoms with Gasteiger partial charge in [0.15, 0.2) is 5.60 Å². The zero-order chi connectivity index (χ0) is 19.1. The van der Waals surface area contributed by atoms with Gasteiger partial charge in [0.25, 0.3) is 5.91 Å². The van der Waals surface area contributed by atoms with Crippen molar-refractivity contribution in [3.8, 4) is 0 Å². The first-order chi connectivity index (χ1) is 13.2. The van der Waals surface area contributed by atoms with E-state index in [1.807, 2.05) is 73.7 Å². The van der Waals surface area contributed by atoms with Crippen molar-refractivity contribution in [1.82, 2.24) is 5.43 Å². The van der Waals surface area contributed by atoms with E-state index < -0.39 is 11.5 Å². The maximum atomic E-state index is 13.3. The molecule has 0 saturated carbocycles. The van der Waals surface area contributed by atoms with Crippen molar-refractivity contribution in [2.24, 2.45) is 0 Å². The highest BCUT2D eigenvalue weighted by Crippen LogP contribution is 2.30. The van der Waals surface area contributed by atoms with Gasteiger partial charge in [0.1, 0.15) is 0 Å². The first-order valence-electron chi connectivity index (χ1n) is 9.13. The summed E-state index contributed by atoms with van der Waals surface area (Å²) in [5, 5.41) is 13.3. The molecule has 0 aliphatic carbocycles. The fourth-order valence-corrected chi connectivity index (χ4v) is 3.07. The van der Waals surface area contributed by atoms with Crippen LogP contribution in [-0.2, 0) is 10.4 Å². The average molecular weight is 360 g/mol. The van der Waals surface area contributed by atoms with Gasteiger partial charge in [0.05, 0.1) is 5.69 Å². The minimum atomic E-state index is -1.79. The van der Waals surface area contributed by atoms with Crippen molar-refractivity contribution in [1.29, 1.82) is 0 Å². The van der Waals surface area contributed by atoms with E-state index in [2.05, 4.69) is 5.43 Å². The maximum Gasteiger partial charge on any atom is 0.279 e. The van der Waals surface area contributed by atoms with Crippen molar-refractivity contribution >= 4 is 11.6 Å². The summed E-state index contributed by atoms with van der Waals surface area (Å²) in [4.78, 5) is 13.3. The third kappa shape index (κ3) is 4.01. The summed E-state index contributed by atoms with van der Waals surface area (Å²) in [5.41, 5.74) is 3.05. The molecule has 4 heteroatoms. The molecule has 0 fully saturated rings. The van der Waals surface area contributed by atoms with E-state index >= 15 is 0 Å². The van der Waals surface area contributed by atoms with Crippen LogP contribution < -0.4 is 10.4 Å². The number of nitrogens with zero attached hydrogens (tertiary/aromatic N) is 1. The molecule has 3 rings (SSSR count). The average Bonchev–Trinajstić information content (AvgIpc) is 2.74. The quantitative estimate of drug-likeness (QED) is 0.629. The number of hydrogen-bond acceptors (Lipinski definition) is 3. The van der Waals surface area contributed by atoms with Gasteiger partial charge < -0.3 is 5.11 Å². The lowest BCUT2D eigenvalue weighted by molar-refractivity contribution is -0.136. The molecule has 0 saturated heterocycles. The number of hydrogen-bond donors (Lipinski definition) is 2. The highest BCUT2D eigenvalue weighted by atomic mass is 16.3. The van der Waals surface area contributed by atoms with Crippen LogP contribution in [0.1, 0.15) is 24.5 Å².